The van der Waals surface area contributed by atoms with Crippen LogP contribution in [0.4, 0.5) is 0 Å². The van der Waals surface area contributed by atoms with Gasteiger partial charge in [-0.25, -0.2) is 8.42 Å². The molecule has 0 saturated heterocycles. The molecule has 0 spiro atoms. The van der Waals surface area contributed by atoms with Gasteiger partial charge in [0.05, 0.1) is 10.9 Å². The van der Waals surface area contributed by atoms with Gasteiger partial charge in [0.15, 0.2) is 9.84 Å². The van der Waals surface area contributed by atoms with E-state index in [-0.39, 0.29) is 6.04 Å². The molecule has 2 N–H and O–H groups in total. The lowest BCUT2D eigenvalue weighted by atomic mass is 9.92. The number of aryl methyl sites for hydroxylation is 3. The van der Waals surface area contributed by atoms with E-state index in [2.05, 4.69) is 26.0 Å². The number of rotatable bonds is 3. The number of benzene rings is 2. The second-order valence-electron chi connectivity index (χ2n) is 5.62. The fourth-order valence-electron chi connectivity index (χ4n) is 2.44. The van der Waals surface area contributed by atoms with Crippen LogP contribution >= 0.6 is 0 Å². The van der Waals surface area contributed by atoms with Crippen LogP contribution < -0.4 is 5.73 Å². The molecule has 0 amide bonds. The van der Waals surface area contributed by atoms with E-state index >= 15 is 0 Å². The summed E-state index contributed by atoms with van der Waals surface area (Å²) >= 11 is 0. The molecule has 0 aromatic heterocycles. The fraction of sp³-hybridized carbons (Fsp3) is 0.294. The van der Waals surface area contributed by atoms with Gasteiger partial charge in [-0.15, -0.1) is 0 Å². The van der Waals surface area contributed by atoms with Crippen molar-refractivity contribution in [1.29, 1.82) is 0 Å². The molecule has 1 unspecified atom stereocenters. The Kier molecular flexibility index (Phi) is 4.21. The highest BCUT2D eigenvalue weighted by Gasteiger charge is 2.15. The topological polar surface area (TPSA) is 60.2 Å². The van der Waals surface area contributed by atoms with Crippen LogP contribution in [0.5, 0.6) is 0 Å². The van der Waals surface area contributed by atoms with Crippen LogP contribution in [-0.2, 0) is 9.84 Å². The average molecular weight is 303 g/mol. The normalized spacial score (nSPS) is 13.2. The second kappa shape index (κ2) is 5.62. The van der Waals surface area contributed by atoms with E-state index in [0.717, 1.165) is 16.7 Å². The molecule has 0 heterocycles. The van der Waals surface area contributed by atoms with Crippen LogP contribution in [0.1, 0.15) is 33.9 Å². The summed E-state index contributed by atoms with van der Waals surface area (Å²) < 4.78 is 23.3. The molecule has 0 aliphatic rings. The van der Waals surface area contributed by atoms with E-state index < -0.39 is 9.84 Å². The predicted molar refractivity (Wildman–Crippen MR) is 86.2 cm³/mol. The van der Waals surface area contributed by atoms with Crippen molar-refractivity contribution in [2.45, 2.75) is 31.7 Å². The Morgan fingerprint density at radius 2 is 1.57 bits per heavy atom. The van der Waals surface area contributed by atoms with Gasteiger partial charge in [-0.3, -0.25) is 0 Å². The highest BCUT2D eigenvalue weighted by atomic mass is 32.2. The Balaban J connectivity index is 2.50. The molecular weight excluding hydrogens is 282 g/mol. The largest absolute Gasteiger partial charge is 0.320 e. The van der Waals surface area contributed by atoms with E-state index in [9.17, 15) is 8.42 Å². The minimum Gasteiger partial charge on any atom is -0.320 e. The zero-order valence-corrected chi connectivity index (χ0v) is 13.7. The molecule has 112 valence electrons. The van der Waals surface area contributed by atoms with Gasteiger partial charge in [-0.05, 0) is 60.7 Å². The first kappa shape index (κ1) is 15.7. The van der Waals surface area contributed by atoms with Gasteiger partial charge < -0.3 is 5.73 Å². The van der Waals surface area contributed by atoms with Crippen molar-refractivity contribution in [3.63, 3.8) is 0 Å². The van der Waals surface area contributed by atoms with Gasteiger partial charge in [-0.1, -0.05) is 24.3 Å². The number of hydrogen-bond donors (Lipinski definition) is 1. The molecule has 0 fully saturated rings. The molecule has 1 atom stereocenters. The maximum Gasteiger partial charge on any atom is 0.175 e. The highest BCUT2D eigenvalue weighted by Crippen LogP contribution is 2.26. The van der Waals surface area contributed by atoms with Gasteiger partial charge in [0.2, 0.25) is 0 Å². The quantitative estimate of drug-likeness (QED) is 0.948. The third-order valence-electron chi connectivity index (χ3n) is 3.86. The Bertz CT molecular complexity index is 779. The van der Waals surface area contributed by atoms with Crippen molar-refractivity contribution in [3.05, 3.63) is 64.2 Å². The minimum absolute atomic E-state index is 0.303. The van der Waals surface area contributed by atoms with E-state index in [1.165, 1.54) is 17.4 Å². The summed E-state index contributed by atoms with van der Waals surface area (Å²) in [6.07, 6.45) is 1.21. The van der Waals surface area contributed by atoms with Crippen molar-refractivity contribution in [2.75, 3.05) is 6.26 Å². The summed E-state index contributed by atoms with van der Waals surface area (Å²) in [7, 11) is -3.22. The van der Waals surface area contributed by atoms with Gasteiger partial charge in [0.1, 0.15) is 0 Å². The Morgan fingerprint density at radius 1 is 0.952 bits per heavy atom. The van der Waals surface area contributed by atoms with E-state index in [1.807, 2.05) is 13.0 Å². The van der Waals surface area contributed by atoms with Crippen molar-refractivity contribution in [1.82, 2.24) is 0 Å². The van der Waals surface area contributed by atoms with Crippen LogP contribution in [0.2, 0.25) is 0 Å². The molecule has 0 saturated carbocycles. The first-order chi connectivity index (χ1) is 9.70. The van der Waals surface area contributed by atoms with Gasteiger partial charge >= 0.3 is 0 Å². The fourth-order valence-corrected chi connectivity index (χ4v) is 3.11. The summed E-state index contributed by atoms with van der Waals surface area (Å²) in [6.45, 7) is 6.15. The zero-order chi connectivity index (χ0) is 15.8. The van der Waals surface area contributed by atoms with Crippen LogP contribution in [-0.4, -0.2) is 14.7 Å². The molecule has 0 aliphatic carbocycles. The Hall–Kier alpha value is -1.65. The lowest BCUT2D eigenvalue weighted by molar-refractivity contribution is 0.601. The predicted octanol–water partition coefficient (Wildman–Crippen LogP) is 3.06. The molecule has 21 heavy (non-hydrogen) atoms. The van der Waals surface area contributed by atoms with Gasteiger partial charge in [0.25, 0.3) is 0 Å². The van der Waals surface area contributed by atoms with Crippen LogP contribution in [0.15, 0.2) is 41.3 Å². The standard InChI is InChI=1S/C17H21NO2S/c1-11-8-13(3)16(9-12(11)2)17(18)14-6-5-7-15(10-14)21(4,19)20/h5-10,17H,18H2,1-4H3. The summed E-state index contributed by atoms with van der Waals surface area (Å²) in [5, 5.41) is 0. The molecule has 0 radical (unpaired) electrons. The molecule has 2 aromatic rings. The Labute approximate surface area is 126 Å². The van der Waals surface area contributed by atoms with Crippen molar-refractivity contribution in [2.24, 2.45) is 5.73 Å². The second-order valence-corrected chi connectivity index (χ2v) is 7.63. The smallest absolute Gasteiger partial charge is 0.175 e. The van der Waals surface area contributed by atoms with E-state index in [4.69, 9.17) is 5.73 Å². The van der Waals surface area contributed by atoms with E-state index in [1.54, 1.807) is 18.2 Å². The molecule has 0 aliphatic heterocycles. The zero-order valence-electron chi connectivity index (χ0n) is 12.8. The van der Waals surface area contributed by atoms with Crippen molar-refractivity contribution < 1.29 is 8.42 Å². The monoisotopic (exact) mass is 303 g/mol. The van der Waals surface area contributed by atoms with Crippen LogP contribution in [0, 0.1) is 20.8 Å². The average Bonchev–Trinajstić information content (AvgIpc) is 2.41. The van der Waals surface area contributed by atoms with Gasteiger partial charge in [-0.2, -0.15) is 0 Å². The van der Waals surface area contributed by atoms with E-state index in [0.29, 0.717) is 4.90 Å². The van der Waals surface area contributed by atoms with Crippen LogP contribution in [0.25, 0.3) is 0 Å². The number of sulfone groups is 1. The molecule has 2 aromatic carbocycles. The summed E-state index contributed by atoms with van der Waals surface area (Å²) in [5.41, 5.74) is 11.7. The summed E-state index contributed by atoms with van der Waals surface area (Å²) in [6, 6.07) is 10.7. The minimum atomic E-state index is -3.22. The molecule has 2 rings (SSSR count). The highest BCUT2D eigenvalue weighted by molar-refractivity contribution is 7.90. The third kappa shape index (κ3) is 3.34. The van der Waals surface area contributed by atoms with Crippen molar-refractivity contribution in [3.8, 4) is 0 Å². The summed E-state index contributed by atoms with van der Waals surface area (Å²) in [4.78, 5) is 0.303. The lowest BCUT2D eigenvalue weighted by Crippen LogP contribution is -2.14. The lowest BCUT2D eigenvalue weighted by Gasteiger charge is -2.18. The SMILES string of the molecule is Cc1cc(C)c(C(N)c2cccc(S(C)(=O)=O)c2)cc1C. The van der Waals surface area contributed by atoms with Crippen molar-refractivity contribution >= 4 is 9.84 Å². The third-order valence-corrected chi connectivity index (χ3v) is 4.97. The maximum absolute atomic E-state index is 11.7. The first-order valence-corrected chi connectivity index (χ1v) is 8.72. The molecule has 0 bridgehead atoms. The molecule has 4 heteroatoms. The van der Waals surface area contributed by atoms with Gasteiger partial charge in [0, 0.05) is 6.26 Å². The van der Waals surface area contributed by atoms with Crippen LogP contribution in [0.3, 0.4) is 0 Å². The number of hydrogen-bond acceptors (Lipinski definition) is 3. The Morgan fingerprint density at radius 3 is 2.19 bits per heavy atom. The number of nitrogens with two attached hydrogens (primary N) is 1. The first-order valence-electron chi connectivity index (χ1n) is 6.83. The molecular formula is C17H21NO2S. The summed E-state index contributed by atoms with van der Waals surface area (Å²) in [5.74, 6) is 0. The maximum atomic E-state index is 11.7. The molecule has 3 nitrogen and oxygen atoms in total.